The highest BCUT2D eigenvalue weighted by Crippen LogP contribution is 2.39. The van der Waals surface area contributed by atoms with Crippen molar-refractivity contribution in [3.8, 4) is 5.69 Å². The molecule has 1 aliphatic rings. The van der Waals surface area contributed by atoms with E-state index in [0.717, 1.165) is 10.9 Å². The fourth-order valence-electron chi connectivity index (χ4n) is 3.99. The summed E-state index contributed by atoms with van der Waals surface area (Å²) in [5, 5.41) is 2.30. The van der Waals surface area contributed by atoms with Gasteiger partial charge in [-0.3, -0.25) is 28.9 Å². The maximum atomic E-state index is 13.2. The normalized spacial score (nSPS) is 17.8. The number of nitrogens with one attached hydrogen (secondary N) is 1. The molecule has 0 aliphatic carbocycles. The highest BCUT2D eigenvalue weighted by Gasteiger charge is 2.48. The number of aryl methyl sites for hydroxylation is 1. The number of thiophene rings is 1. The van der Waals surface area contributed by atoms with Gasteiger partial charge < -0.3 is 0 Å². The first-order valence-corrected chi connectivity index (χ1v) is 13.2. The third kappa shape index (κ3) is 4.07. The largest absolute Gasteiger partial charge is 0.294 e. The fourth-order valence-corrected chi connectivity index (χ4v) is 5.77. The van der Waals surface area contributed by atoms with Crippen molar-refractivity contribution in [2.45, 2.75) is 23.2 Å². The van der Waals surface area contributed by atoms with Crippen LogP contribution in [-0.4, -0.2) is 44.7 Å². The van der Waals surface area contributed by atoms with Crippen molar-refractivity contribution >= 4 is 55.8 Å². The third-order valence-electron chi connectivity index (χ3n) is 5.78. The summed E-state index contributed by atoms with van der Waals surface area (Å²) < 4.78 is 33.6. The molecular formula is C23H17ClN4O6S2. The van der Waals surface area contributed by atoms with Crippen molar-refractivity contribution in [1.29, 1.82) is 0 Å². The van der Waals surface area contributed by atoms with Crippen molar-refractivity contribution < 1.29 is 22.6 Å². The molecule has 10 nitrogen and oxygen atoms in total. The van der Waals surface area contributed by atoms with E-state index in [1.807, 2.05) is 17.5 Å². The topological polar surface area (TPSA) is 139 Å². The first kappa shape index (κ1) is 24.1. The van der Waals surface area contributed by atoms with Crippen LogP contribution in [0.15, 0.2) is 69.7 Å². The van der Waals surface area contributed by atoms with Gasteiger partial charge in [0.1, 0.15) is 17.2 Å². The minimum Gasteiger partial charge on any atom is -0.282 e. The van der Waals surface area contributed by atoms with Gasteiger partial charge in [0.05, 0.1) is 21.5 Å². The van der Waals surface area contributed by atoms with Crippen LogP contribution in [0, 0.1) is 6.92 Å². The van der Waals surface area contributed by atoms with E-state index in [1.54, 1.807) is 6.92 Å². The molecular weight excluding hydrogens is 528 g/mol. The van der Waals surface area contributed by atoms with Crippen LogP contribution in [-0.2, 0) is 14.9 Å². The number of nitrogens with zero attached hydrogens (tertiary/aromatic N) is 3. The van der Waals surface area contributed by atoms with Gasteiger partial charge in [-0.25, -0.2) is 9.99 Å². The molecule has 0 saturated carbocycles. The Morgan fingerprint density at radius 2 is 1.86 bits per heavy atom. The summed E-state index contributed by atoms with van der Waals surface area (Å²) in [5.41, 5.74) is 2.94. The van der Waals surface area contributed by atoms with Crippen molar-refractivity contribution in [3.05, 3.63) is 86.6 Å². The summed E-state index contributed by atoms with van der Waals surface area (Å²) in [4.78, 5) is 43.0. The highest BCUT2D eigenvalue weighted by atomic mass is 35.5. The van der Waals surface area contributed by atoms with Crippen molar-refractivity contribution in [2.75, 3.05) is 0 Å². The van der Waals surface area contributed by atoms with Crippen LogP contribution < -0.4 is 11.0 Å². The van der Waals surface area contributed by atoms with Gasteiger partial charge in [-0.15, -0.1) is 22.9 Å². The maximum Gasteiger partial charge on any atom is 0.294 e. The van der Waals surface area contributed by atoms with Crippen LogP contribution >= 0.6 is 22.9 Å². The molecule has 0 spiro atoms. The van der Waals surface area contributed by atoms with Gasteiger partial charge in [-0.05, 0) is 60.8 Å². The van der Waals surface area contributed by atoms with Gasteiger partial charge in [0.15, 0.2) is 0 Å². The number of carbonyl (C=O) groups is 2. The van der Waals surface area contributed by atoms with E-state index < -0.39 is 43.8 Å². The molecule has 2 amide bonds. The zero-order valence-electron chi connectivity index (χ0n) is 18.5. The predicted octanol–water partition coefficient (Wildman–Crippen LogP) is 2.84. The Morgan fingerprint density at radius 3 is 2.50 bits per heavy atom. The number of rotatable bonds is 5. The number of amides is 2. The van der Waals surface area contributed by atoms with Crippen molar-refractivity contribution in [3.63, 3.8) is 0 Å². The molecule has 1 aliphatic heterocycles. The van der Waals surface area contributed by atoms with E-state index in [1.165, 1.54) is 57.3 Å². The number of benzene rings is 2. The van der Waals surface area contributed by atoms with Crippen molar-refractivity contribution in [2.24, 2.45) is 0 Å². The predicted molar refractivity (Wildman–Crippen MR) is 133 cm³/mol. The Hall–Kier alpha value is -3.58. The van der Waals surface area contributed by atoms with Crippen LogP contribution in [0.2, 0.25) is 0 Å². The average molecular weight is 545 g/mol. The Balaban J connectivity index is 1.43. The van der Waals surface area contributed by atoms with Gasteiger partial charge in [0, 0.05) is 10.4 Å². The first-order valence-electron chi connectivity index (χ1n) is 10.5. The smallest absolute Gasteiger partial charge is 0.282 e. The van der Waals surface area contributed by atoms with E-state index >= 15 is 0 Å². The molecule has 2 N–H and O–H groups in total. The average Bonchev–Trinajstić information content (AvgIpc) is 3.37. The SMILES string of the molecule is Cc1nc2ccc(S(=O)(=O)O)cc2c(=O)n1-c1ccc(C(=O)NN2C(=O)C(Cl)C2c2cccs2)cc1. The Morgan fingerprint density at radius 1 is 1.14 bits per heavy atom. The van der Waals surface area contributed by atoms with Crippen LogP contribution in [0.4, 0.5) is 0 Å². The van der Waals surface area contributed by atoms with Gasteiger partial charge in [0.25, 0.3) is 27.5 Å². The fraction of sp³-hybridized carbons (Fsp3) is 0.130. The van der Waals surface area contributed by atoms with E-state index in [-0.39, 0.29) is 16.5 Å². The lowest BCUT2D eigenvalue weighted by atomic mass is 10.0. The summed E-state index contributed by atoms with van der Waals surface area (Å²) in [6.07, 6.45) is 0. The van der Waals surface area contributed by atoms with Crippen molar-refractivity contribution in [1.82, 2.24) is 20.0 Å². The molecule has 0 bridgehead atoms. The summed E-state index contributed by atoms with van der Waals surface area (Å²) in [6.45, 7) is 1.61. The molecule has 1 fully saturated rings. The van der Waals surface area contributed by atoms with E-state index in [4.69, 9.17) is 11.6 Å². The zero-order valence-corrected chi connectivity index (χ0v) is 20.8. The molecule has 0 radical (unpaired) electrons. The van der Waals surface area contributed by atoms with Gasteiger partial charge in [-0.2, -0.15) is 8.42 Å². The third-order valence-corrected chi connectivity index (χ3v) is 8.00. The molecule has 13 heteroatoms. The summed E-state index contributed by atoms with van der Waals surface area (Å²) >= 11 is 7.58. The molecule has 2 aromatic heterocycles. The van der Waals surface area contributed by atoms with Gasteiger partial charge in [-0.1, -0.05) is 6.07 Å². The Kier molecular flexibility index (Phi) is 5.91. The summed E-state index contributed by atoms with van der Waals surface area (Å²) in [7, 11) is -4.50. The van der Waals surface area contributed by atoms with E-state index in [9.17, 15) is 27.4 Å². The van der Waals surface area contributed by atoms with E-state index in [2.05, 4.69) is 10.4 Å². The molecule has 1 saturated heterocycles. The first-order chi connectivity index (χ1) is 17.1. The lowest BCUT2D eigenvalue weighted by Gasteiger charge is -2.43. The molecule has 2 unspecified atom stereocenters. The summed E-state index contributed by atoms with van der Waals surface area (Å²) in [5.74, 6) is -0.602. The van der Waals surface area contributed by atoms with E-state index in [0.29, 0.717) is 11.5 Å². The van der Waals surface area contributed by atoms with Crippen LogP contribution in [0.3, 0.4) is 0 Å². The Bertz CT molecular complexity index is 1680. The second-order valence-electron chi connectivity index (χ2n) is 8.01. The highest BCUT2D eigenvalue weighted by molar-refractivity contribution is 7.85. The number of hydrogen-bond donors (Lipinski definition) is 2. The zero-order chi connectivity index (χ0) is 25.8. The summed E-state index contributed by atoms with van der Waals surface area (Å²) in [6, 6.07) is 12.8. The number of hydrazine groups is 1. The molecule has 3 heterocycles. The van der Waals surface area contributed by atoms with Crippen LogP contribution in [0.25, 0.3) is 16.6 Å². The second-order valence-corrected chi connectivity index (χ2v) is 10.9. The molecule has 36 heavy (non-hydrogen) atoms. The lowest BCUT2D eigenvalue weighted by Crippen LogP contribution is -2.63. The maximum absolute atomic E-state index is 13.2. The standard InChI is InChI=1S/C23H17ClN4O6S2/c1-12-25-17-9-8-15(36(32,33)34)11-16(17)22(30)27(12)14-6-4-13(5-7-14)21(29)26-28-20(19(24)23(28)31)18-3-2-10-35-18/h2-11,19-20H,1H3,(H,26,29)(H,32,33,34). The number of halogens is 1. The molecule has 2 atom stereocenters. The molecule has 5 rings (SSSR count). The van der Waals surface area contributed by atoms with Crippen LogP contribution in [0.5, 0.6) is 0 Å². The number of carbonyl (C=O) groups excluding carboxylic acids is 2. The minimum absolute atomic E-state index is 0.00379. The lowest BCUT2D eigenvalue weighted by molar-refractivity contribution is -0.149. The number of β-lactam (4-membered cyclic amide) rings is 1. The molecule has 2 aromatic carbocycles. The Labute approximate surface area is 213 Å². The number of aromatic nitrogens is 2. The second kappa shape index (κ2) is 8.82. The minimum atomic E-state index is -4.50. The molecule has 4 aromatic rings. The number of hydrogen-bond acceptors (Lipinski definition) is 7. The number of alkyl halides is 1. The van der Waals surface area contributed by atoms with Crippen LogP contribution in [0.1, 0.15) is 27.1 Å². The van der Waals surface area contributed by atoms with Gasteiger partial charge in [0.2, 0.25) is 0 Å². The quantitative estimate of drug-likeness (QED) is 0.224. The van der Waals surface area contributed by atoms with Gasteiger partial charge >= 0.3 is 0 Å². The number of fused-ring (bicyclic) bond motifs is 1. The molecule has 184 valence electrons. The monoisotopic (exact) mass is 544 g/mol.